The van der Waals surface area contributed by atoms with Gasteiger partial charge < -0.3 is 22.3 Å². The van der Waals surface area contributed by atoms with Gasteiger partial charge in [-0.2, -0.15) is 0 Å². The second-order valence-electron chi connectivity index (χ2n) is 2.97. The molecule has 0 amide bonds. The molecule has 19 heavy (non-hydrogen) atoms. The zero-order valence-electron chi connectivity index (χ0n) is 11.2. The van der Waals surface area contributed by atoms with Crippen LogP contribution < -0.4 is 5.19 Å². The van der Waals surface area contributed by atoms with Crippen LogP contribution in [0.1, 0.15) is 0 Å². The summed E-state index contributed by atoms with van der Waals surface area (Å²) < 4.78 is 31.9. The van der Waals surface area contributed by atoms with Gasteiger partial charge in [-0.3, -0.25) is 0 Å². The van der Waals surface area contributed by atoms with E-state index in [4.69, 9.17) is 15.9 Å². The molecule has 0 saturated carbocycles. The van der Waals surface area contributed by atoms with Crippen LogP contribution in [0.25, 0.3) is 10.8 Å². The van der Waals surface area contributed by atoms with Crippen molar-refractivity contribution in [1.29, 1.82) is 0 Å². The Kier molecular flexibility index (Phi) is 12.0. The number of fused-ring (bicyclic) bond motifs is 1. The molecule has 0 bridgehead atoms. The van der Waals surface area contributed by atoms with Gasteiger partial charge in [0.2, 0.25) is 0 Å². The average Bonchev–Trinajstić information content (AvgIpc) is 2.16. The molecule has 0 spiro atoms. The molecule has 2 aromatic carbocycles. The van der Waals surface area contributed by atoms with Gasteiger partial charge >= 0.3 is 29.5 Å². The summed E-state index contributed by atoms with van der Waals surface area (Å²) in [4.78, 5) is 0. The van der Waals surface area contributed by atoms with E-state index in [9.17, 15) is 0 Å². The van der Waals surface area contributed by atoms with Gasteiger partial charge in [-0.05, 0) is 10.8 Å². The first-order chi connectivity index (χ1) is 7.38. The molecule has 2 N–H and O–H groups in total. The van der Waals surface area contributed by atoms with Crippen molar-refractivity contribution < 1.29 is 29.5 Å². The topological polar surface area (TPSA) is 74.6 Å². The van der Waals surface area contributed by atoms with Crippen LogP contribution in [-0.2, 0) is 21.2 Å². The van der Waals surface area contributed by atoms with E-state index in [1.54, 1.807) is 0 Å². The summed E-state index contributed by atoms with van der Waals surface area (Å²) in [5.41, 5.74) is 0. The van der Waals surface area contributed by atoms with Gasteiger partial charge in [0.25, 0.3) is 0 Å². The number of hydrogen-bond acceptors (Lipinski definition) is 2. The average molecular weight is 318 g/mol. The molecule has 0 aromatic heterocycles. The molecule has 3 radical (unpaired) electrons. The first-order valence-corrected chi connectivity index (χ1v) is 6.95. The van der Waals surface area contributed by atoms with Gasteiger partial charge in [0.15, 0.2) is 0 Å². The fourth-order valence-corrected chi connectivity index (χ4v) is 1.55. The van der Waals surface area contributed by atoms with Gasteiger partial charge in [0.1, 0.15) is 0 Å². The molecule has 2 rings (SSSR count). The third-order valence-corrected chi connectivity index (χ3v) is 2.23. The maximum atomic E-state index is 8.82. The third-order valence-electron chi connectivity index (χ3n) is 1.79. The van der Waals surface area contributed by atoms with Gasteiger partial charge in [-0.25, -0.2) is 0 Å². The van der Waals surface area contributed by atoms with Crippen LogP contribution in [0.5, 0.6) is 0 Å². The Morgan fingerprint density at radius 1 is 0.842 bits per heavy atom. The molecule has 0 saturated heterocycles. The van der Waals surface area contributed by atoms with Crippen molar-refractivity contribution in [2.75, 3.05) is 0 Å². The molecule has 0 unspecified atom stereocenters. The fraction of sp³-hybridized carbons (Fsp3) is 0. The van der Waals surface area contributed by atoms with Crippen LogP contribution in [0.15, 0.2) is 42.5 Å². The Bertz CT molecular complexity index is 569. The van der Waals surface area contributed by atoms with E-state index in [2.05, 4.69) is 34.5 Å². The molecular formula is C13H18CrO4Si-3. The summed E-state index contributed by atoms with van der Waals surface area (Å²) in [6.07, 6.45) is 0. The minimum atomic E-state index is -5.25. The van der Waals surface area contributed by atoms with E-state index in [-0.39, 0.29) is 22.3 Å². The molecule has 2 aromatic rings. The van der Waals surface area contributed by atoms with Crippen LogP contribution in [0.2, 0.25) is 0 Å². The second kappa shape index (κ2) is 9.84. The van der Waals surface area contributed by atoms with E-state index in [0.717, 1.165) is 5.19 Å². The third kappa shape index (κ3) is 9.54. The Morgan fingerprint density at radius 3 is 1.74 bits per heavy atom. The minimum absolute atomic E-state index is 0. The molecule has 107 valence electrons. The van der Waals surface area contributed by atoms with Crippen molar-refractivity contribution in [2.45, 2.75) is 0 Å². The molecule has 0 aliphatic heterocycles. The van der Waals surface area contributed by atoms with Crippen molar-refractivity contribution in [3.8, 4) is 0 Å². The first-order valence-electron chi connectivity index (χ1n) is 4.27. The standard InChI is InChI=1S/C10H7Si.3CH3.Cr.2H2O.2O/c11-10-7-3-5-8-4-1-2-6-9(8)10;;;;;;;;/h1-7H;3*1H3;;2*1H2;;/q;3*-1;+2;;;;/p-2. The smallest absolute Gasteiger partial charge is 0.0632 e. The molecule has 0 aliphatic rings. The molecule has 0 fully saturated rings. The Morgan fingerprint density at radius 2 is 1.26 bits per heavy atom. The molecule has 0 heterocycles. The molecular weight excluding hydrogens is 300 g/mol. The van der Waals surface area contributed by atoms with E-state index < -0.39 is 13.6 Å². The molecule has 4 nitrogen and oxygen atoms in total. The Labute approximate surface area is 120 Å². The van der Waals surface area contributed by atoms with Gasteiger partial charge in [-0.15, -0.1) is 0 Å². The van der Waals surface area contributed by atoms with E-state index in [0.29, 0.717) is 0 Å². The maximum absolute atomic E-state index is 8.82. The van der Waals surface area contributed by atoms with Crippen LogP contribution in [0, 0.1) is 22.3 Å². The summed E-state index contributed by atoms with van der Waals surface area (Å²) in [6, 6.07) is 14.5. The first kappa shape index (κ1) is 23.1. The monoisotopic (exact) mass is 318 g/mol. The van der Waals surface area contributed by atoms with Crippen LogP contribution >= 0.6 is 0 Å². The number of hydrogen-bond donors (Lipinski definition) is 2. The zero-order chi connectivity index (χ0) is 12.2. The van der Waals surface area contributed by atoms with Crippen molar-refractivity contribution in [2.24, 2.45) is 0 Å². The zero-order valence-corrected chi connectivity index (χ0v) is 13.4. The predicted octanol–water partition coefficient (Wildman–Crippen LogP) is 1.63. The second-order valence-corrected chi connectivity index (χ2v) is 4.91. The maximum Gasteiger partial charge on any atom is 0.0720 e. The molecule has 6 heteroatoms. The van der Waals surface area contributed by atoms with Gasteiger partial charge in [-0.1, -0.05) is 47.7 Å². The van der Waals surface area contributed by atoms with Crippen molar-refractivity contribution in [3.05, 3.63) is 64.7 Å². The van der Waals surface area contributed by atoms with Crippen LogP contribution in [0.4, 0.5) is 0 Å². The van der Waals surface area contributed by atoms with Crippen LogP contribution in [0.3, 0.4) is 0 Å². The normalized spacial score (nSPS) is 9.00. The predicted molar refractivity (Wildman–Crippen MR) is 74.4 cm³/mol. The van der Waals surface area contributed by atoms with Gasteiger partial charge in [0.05, 0.1) is 10.2 Å². The molecule has 0 aliphatic carbocycles. The van der Waals surface area contributed by atoms with Crippen LogP contribution in [-0.4, -0.2) is 18.6 Å². The summed E-state index contributed by atoms with van der Waals surface area (Å²) in [5.74, 6) is 0. The number of benzene rings is 2. The minimum Gasteiger partial charge on any atom is -0.0632 e. The Hall–Kier alpha value is -1.03. The quantitative estimate of drug-likeness (QED) is 0.572. The van der Waals surface area contributed by atoms with Gasteiger partial charge in [0, 0.05) is 0 Å². The summed E-state index contributed by atoms with van der Waals surface area (Å²) in [5, 5.41) is 3.70. The van der Waals surface area contributed by atoms with Crippen molar-refractivity contribution >= 4 is 26.2 Å². The van der Waals surface area contributed by atoms with E-state index >= 15 is 0 Å². The largest absolute Gasteiger partial charge is 0.0720 e. The summed E-state index contributed by atoms with van der Waals surface area (Å²) in [7, 11) is 3.55. The van der Waals surface area contributed by atoms with E-state index in [1.165, 1.54) is 10.8 Å². The Balaban J connectivity index is -0.000000286. The summed E-state index contributed by atoms with van der Waals surface area (Å²) >= 11 is -5.25. The molecule has 0 atom stereocenters. The summed E-state index contributed by atoms with van der Waals surface area (Å²) in [6.45, 7) is 0. The van der Waals surface area contributed by atoms with Crippen molar-refractivity contribution in [3.63, 3.8) is 0 Å². The number of rotatable bonds is 0. The van der Waals surface area contributed by atoms with E-state index in [1.807, 2.05) is 18.2 Å². The fourth-order valence-electron chi connectivity index (χ4n) is 1.23. The van der Waals surface area contributed by atoms with Crippen molar-refractivity contribution in [1.82, 2.24) is 0 Å². The SMILES string of the molecule is [CH3-].[CH3-].[CH3-].[O]=[Cr](=[O])([OH])[OH].[Si]c1cccc2ccccc12.